The Bertz CT molecular complexity index is 776. The molecule has 1 atom stereocenters. The molecule has 2 aromatic heterocycles. The Labute approximate surface area is 135 Å². The minimum atomic E-state index is -0.146. The Hall–Kier alpha value is -2.82. The van der Waals surface area contributed by atoms with Gasteiger partial charge in [0.2, 0.25) is 0 Å². The first-order chi connectivity index (χ1) is 11.1. The van der Waals surface area contributed by atoms with Gasteiger partial charge in [-0.3, -0.25) is 4.79 Å². The molecule has 0 aliphatic heterocycles. The summed E-state index contributed by atoms with van der Waals surface area (Å²) in [5.74, 6) is 1.24. The number of rotatable bonds is 5. The molecule has 0 saturated heterocycles. The van der Waals surface area contributed by atoms with E-state index in [0.29, 0.717) is 17.9 Å². The van der Waals surface area contributed by atoms with E-state index in [4.69, 9.17) is 4.42 Å². The van der Waals surface area contributed by atoms with Crippen LogP contribution in [0.4, 0.5) is 0 Å². The normalized spacial score (nSPS) is 12.1. The molecular weight excluding hydrogens is 290 g/mol. The molecule has 23 heavy (non-hydrogen) atoms. The average Bonchev–Trinajstić information content (AvgIpc) is 3.17. The molecule has 3 rings (SSSR count). The summed E-state index contributed by atoms with van der Waals surface area (Å²) in [5.41, 5.74) is 1.63. The van der Waals surface area contributed by atoms with Crippen molar-refractivity contribution in [1.29, 1.82) is 0 Å². The Kier molecular flexibility index (Phi) is 4.28. The van der Waals surface area contributed by atoms with Gasteiger partial charge in [-0.1, -0.05) is 30.3 Å². The molecule has 0 bridgehead atoms. The van der Waals surface area contributed by atoms with Crippen molar-refractivity contribution in [1.82, 2.24) is 14.9 Å². The monoisotopic (exact) mass is 309 g/mol. The van der Waals surface area contributed by atoms with Crippen molar-refractivity contribution in [3.63, 3.8) is 0 Å². The molecule has 118 valence electrons. The fourth-order valence-electron chi connectivity index (χ4n) is 2.62. The van der Waals surface area contributed by atoms with Crippen LogP contribution in [-0.2, 0) is 6.54 Å². The largest absolute Gasteiger partial charge is 0.466 e. The molecule has 5 heteroatoms. The quantitative estimate of drug-likeness (QED) is 0.787. The number of furan rings is 1. The van der Waals surface area contributed by atoms with Crippen LogP contribution in [0.5, 0.6) is 0 Å². The number of carbonyl (C=O) groups excluding carboxylic acids is 1. The molecule has 1 aromatic carbocycles. The Balaban J connectivity index is 1.83. The minimum Gasteiger partial charge on any atom is -0.466 e. The lowest BCUT2D eigenvalue weighted by Crippen LogP contribution is -2.31. The lowest BCUT2D eigenvalue weighted by Gasteiger charge is -2.19. The molecule has 1 N–H and O–H groups in total. The van der Waals surface area contributed by atoms with Crippen LogP contribution in [0.2, 0.25) is 0 Å². The Morgan fingerprint density at radius 2 is 2.09 bits per heavy atom. The highest BCUT2D eigenvalue weighted by molar-refractivity contribution is 5.95. The number of benzene rings is 1. The van der Waals surface area contributed by atoms with Gasteiger partial charge in [0.05, 0.1) is 17.9 Å². The highest BCUT2D eigenvalue weighted by Crippen LogP contribution is 2.18. The lowest BCUT2D eigenvalue weighted by atomic mass is 10.1. The van der Waals surface area contributed by atoms with E-state index in [1.165, 1.54) is 0 Å². The zero-order valence-electron chi connectivity index (χ0n) is 13.2. The zero-order chi connectivity index (χ0) is 16.2. The molecule has 0 fully saturated rings. The number of amides is 1. The van der Waals surface area contributed by atoms with Gasteiger partial charge in [-0.25, -0.2) is 4.98 Å². The highest BCUT2D eigenvalue weighted by atomic mass is 16.3. The second-order valence-electron chi connectivity index (χ2n) is 5.52. The van der Waals surface area contributed by atoms with Gasteiger partial charge in [0.15, 0.2) is 0 Å². The molecule has 3 aromatic rings. The Morgan fingerprint density at radius 3 is 2.70 bits per heavy atom. The van der Waals surface area contributed by atoms with Gasteiger partial charge in [0.1, 0.15) is 11.5 Å². The van der Waals surface area contributed by atoms with Crippen LogP contribution in [0.25, 0.3) is 0 Å². The summed E-state index contributed by atoms with van der Waals surface area (Å²) in [5, 5.41) is 3.09. The van der Waals surface area contributed by atoms with Crippen molar-refractivity contribution in [3.05, 3.63) is 77.8 Å². The molecule has 0 aliphatic rings. The lowest BCUT2D eigenvalue weighted by molar-refractivity contribution is 0.0931. The number of carbonyl (C=O) groups is 1. The second kappa shape index (κ2) is 6.52. The van der Waals surface area contributed by atoms with E-state index < -0.39 is 0 Å². The van der Waals surface area contributed by atoms with E-state index >= 15 is 0 Å². The number of imidazole rings is 1. The van der Waals surface area contributed by atoms with E-state index in [1.807, 2.05) is 48.0 Å². The molecule has 0 saturated carbocycles. The zero-order valence-corrected chi connectivity index (χ0v) is 13.2. The Morgan fingerprint density at radius 1 is 1.30 bits per heavy atom. The third-order valence-electron chi connectivity index (χ3n) is 3.75. The van der Waals surface area contributed by atoms with Crippen molar-refractivity contribution < 1.29 is 9.21 Å². The van der Waals surface area contributed by atoms with Crippen molar-refractivity contribution in [2.24, 2.45) is 0 Å². The van der Waals surface area contributed by atoms with Gasteiger partial charge >= 0.3 is 0 Å². The fraction of sp³-hybridized carbons (Fsp3) is 0.222. The van der Waals surface area contributed by atoms with Crippen LogP contribution >= 0.6 is 0 Å². The van der Waals surface area contributed by atoms with Crippen molar-refractivity contribution in [3.8, 4) is 0 Å². The van der Waals surface area contributed by atoms with Crippen LogP contribution in [-0.4, -0.2) is 15.5 Å². The number of nitrogens with zero attached hydrogens (tertiary/aromatic N) is 2. The number of nitrogens with one attached hydrogen (secondary N) is 1. The molecule has 0 aliphatic carbocycles. The summed E-state index contributed by atoms with van der Waals surface area (Å²) in [7, 11) is 0. The van der Waals surface area contributed by atoms with Crippen LogP contribution in [0.1, 0.15) is 33.5 Å². The van der Waals surface area contributed by atoms with E-state index in [9.17, 15) is 4.79 Å². The summed E-state index contributed by atoms with van der Waals surface area (Å²) < 4.78 is 7.40. The first kappa shape index (κ1) is 15.1. The maximum Gasteiger partial charge on any atom is 0.255 e. The third-order valence-corrected chi connectivity index (χ3v) is 3.75. The number of aryl methyl sites for hydroxylation is 2. The summed E-state index contributed by atoms with van der Waals surface area (Å²) in [6.45, 7) is 4.25. The highest BCUT2D eigenvalue weighted by Gasteiger charge is 2.19. The second-order valence-corrected chi connectivity index (χ2v) is 5.52. The molecule has 0 radical (unpaired) electrons. The van der Waals surface area contributed by atoms with Crippen LogP contribution in [0.15, 0.2) is 59.5 Å². The van der Waals surface area contributed by atoms with E-state index in [1.54, 1.807) is 25.5 Å². The first-order valence-corrected chi connectivity index (χ1v) is 7.52. The molecular formula is C18H19N3O2. The first-order valence-electron chi connectivity index (χ1n) is 7.52. The van der Waals surface area contributed by atoms with Gasteiger partial charge in [0, 0.05) is 18.9 Å². The van der Waals surface area contributed by atoms with E-state index in [-0.39, 0.29) is 11.9 Å². The maximum atomic E-state index is 12.6. The van der Waals surface area contributed by atoms with Gasteiger partial charge < -0.3 is 14.3 Å². The minimum absolute atomic E-state index is 0.131. The third kappa shape index (κ3) is 3.51. The summed E-state index contributed by atoms with van der Waals surface area (Å²) in [6, 6.07) is 11.5. The van der Waals surface area contributed by atoms with Crippen molar-refractivity contribution >= 4 is 5.91 Å². The standard InChI is InChI=1S/C18H19N3O2/c1-13-10-16(14(2)23-13)18(22)20-17(11-21-9-8-19-12-21)15-6-4-3-5-7-15/h3-10,12,17H,11H2,1-2H3,(H,20,22)/t17-/m1/s1. The predicted molar refractivity (Wildman–Crippen MR) is 87.1 cm³/mol. The van der Waals surface area contributed by atoms with Crippen LogP contribution < -0.4 is 5.32 Å². The molecule has 1 amide bonds. The molecule has 5 nitrogen and oxygen atoms in total. The van der Waals surface area contributed by atoms with Gasteiger partial charge in [0.25, 0.3) is 5.91 Å². The SMILES string of the molecule is Cc1cc(C(=O)N[C@H](Cn2ccnc2)c2ccccc2)c(C)o1. The number of aromatic nitrogens is 2. The van der Waals surface area contributed by atoms with Crippen LogP contribution in [0, 0.1) is 13.8 Å². The van der Waals surface area contributed by atoms with Gasteiger partial charge in [-0.05, 0) is 25.5 Å². The predicted octanol–water partition coefficient (Wildman–Crippen LogP) is 3.26. The fourth-order valence-corrected chi connectivity index (χ4v) is 2.62. The van der Waals surface area contributed by atoms with E-state index in [2.05, 4.69) is 10.3 Å². The summed E-state index contributed by atoms with van der Waals surface area (Å²) >= 11 is 0. The topological polar surface area (TPSA) is 60.1 Å². The summed E-state index contributed by atoms with van der Waals surface area (Å²) in [6.07, 6.45) is 5.36. The number of hydrogen-bond acceptors (Lipinski definition) is 3. The van der Waals surface area contributed by atoms with Gasteiger partial charge in [-0.2, -0.15) is 0 Å². The molecule has 0 spiro atoms. The van der Waals surface area contributed by atoms with Crippen LogP contribution in [0.3, 0.4) is 0 Å². The van der Waals surface area contributed by atoms with Gasteiger partial charge in [-0.15, -0.1) is 0 Å². The molecule has 2 heterocycles. The molecule has 0 unspecified atom stereocenters. The van der Waals surface area contributed by atoms with E-state index in [0.717, 1.165) is 11.3 Å². The maximum absolute atomic E-state index is 12.6. The smallest absolute Gasteiger partial charge is 0.255 e. The van der Waals surface area contributed by atoms with Crippen molar-refractivity contribution in [2.75, 3.05) is 0 Å². The van der Waals surface area contributed by atoms with Crippen molar-refractivity contribution in [2.45, 2.75) is 26.4 Å². The summed E-state index contributed by atoms with van der Waals surface area (Å²) in [4.78, 5) is 16.7. The average molecular weight is 309 g/mol. The number of hydrogen-bond donors (Lipinski definition) is 1.